The summed E-state index contributed by atoms with van der Waals surface area (Å²) in [6.45, 7) is 6.24. The molecule has 2 atom stereocenters. The topological polar surface area (TPSA) is 27.7 Å². The Balaban J connectivity index is 2.23. The SMILES string of the molecule is CC(C)OC1OCCC(C)O1. The molecule has 11 heavy (non-hydrogen) atoms. The van der Waals surface area contributed by atoms with Gasteiger partial charge >= 0.3 is 0 Å². The number of rotatable bonds is 2. The van der Waals surface area contributed by atoms with Crippen molar-refractivity contribution >= 4 is 0 Å². The quantitative estimate of drug-likeness (QED) is 0.613. The molecule has 0 aromatic heterocycles. The van der Waals surface area contributed by atoms with E-state index < -0.39 is 6.48 Å². The van der Waals surface area contributed by atoms with E-state index >= 15 is 0 Å². The predicted molar refractivity (Wildman–Crippen MR) is 41.1 cm³/mol. The van der Waals surface area contributed by atoms with Crippen LogP contribution in [0.3, 0.4) is 0 Å². The van der Waals surface area contributed by atoms with Crippen LogP contribution in [0.25, 0.3) is 0 Å². The lowest BCUT2D eigenvalue weighted by molar-refractivity contribution is -0.337. The summed E-state index contributed by atoms with van der Waals surface area (Å²) in [5, 5.41) is 0. The van der Waals surface area contributed by atoms with Crippen LogP contribution in [-0.4, -0.2) is 25.3 Å². The summed E-state index contributed by atoms with van der Waals surface area (Å²) in [5.74, 6) is 0. The molecule has 0 bridgehead atoms. The first-order chi connectivity index (χ1) is 5.18. The molecular formula is C8H16O3. The molecule has 2 unspecified atom stereocenters. The van der Waals surface area contributed by atoms with E-state index in [0.717, 1.165) is 13.0 Å². The fourth-order valence-corrected chi connectivity index (χ4v) is 0.921. The van der Waals surface area contributed by atoms with Gasteiger partial charge in [0, 0.05) is 0 Å². The second-order valence-electron chi connectivity index (χ2n) is 3.08. The number of hydrogen-bond donors (Lipinski definition) is 0. The van der Waals surface area contributed by atoms with Crippen molar-refractivity contribution in [2.75, 3.05) is 6.61 Å². The number of hydrogen-bond acceptors (Lipinski definition) is 3. The van der Waals surface area contributed by atoms with Gasteiger partial charge in [0.25, 0.3) is 6.48 Å². The van der Waals surface area contributed by atoms with Gasteiger partial charge in [-0.3, -0.25) is 0 Å². The average molecular weight is 160 g/mol. The molecule has 66 valence electrons. The summed E-state index contributed by atoms with van der Waals surface area (Å²) in [6, 6.07) is 0. The van der Waals surface area contributed by atoms with E-state index in [4.69, 9.17) is 14.2 Å². The van der Waals surface area contributed by atoms with E-state index in [9.17, 15) is 0 Å². The van der Waals surface area contributed by atoms with E-state index in [-0.39, 0.29) is 12.2 Å². The molecule has 1 fully saturated rings. The lowest BCUT2D eigenvalue weighted by Crippen LogP contribution is -2.34. The molecule has 0 saturated carbocycles. The Bertz CT molecular complexity index is 112. The van der Waals surface area contributed by atoms with Crippen LogP contribution < -0.4 is 0 Å². The first-order valence-electron chi connectivity index (χ1n) is 4.11. The molecule has 1 rings (SSSR count). The van der Waals surface area contributed by atoms with Crippen LogP contribution in [0.1, 0.15) is 27.2 Å². The highest BCUT2D eigenvalue weighted by Crippen LogP contribution is 2.13. The Labute approximate surface area is 67.6 Å². The third kappa shape index (κ3) is 3.18. The molecule has 3 nitrogen and oxygen atoms in total. The standard InChI is InChI=1S/C8H16O3/c1-6(2)10-8-9-5-4-7(3)11-8/h6-8H,4-5H2,1-3H3. The molecular weight excluding hydrogens is 144 g/mol. The van der Waals surface area contributed by atoms with Gasteiger partial charge in [0.15, 0.2) is 0 Å². The van der Waals surface area contributed by atoms with Crippen LogP contribution >= 0.6 is 0 Å². The third-order valence-electron chi connectivity index (χ3n) is 1.51. The van der Waals surface area contributed by atoms with Crippen LogP contribution in [-0.2, 0) is 14.2 Å². The Morgan fingerprint density at radius 1 is 1.45 bits per heavy atom. The monoisotopic (exact) mass is 160 g/mol. The maximum Gasteiger partial charge on any atom is 0.272 e. The van der Waals surface area contributed by atoms with E-state index in [2.05, 4.69) is 0 Å². The van der Waals surface area contributed by atoms with Crippen molar-refractivity contribution in [1.82, 2.24) is 0 Å². The van der Waals surface area contributed by atoms with Crippen molar-refractivity contribution < 1.29 is 14.2 Å². The van der Waals surface area contributed by atoms with Gasteiger partial charge in [0.05, 0.1) is 18.8 Å². The Kier molecular flexibility index (Phi) is 3.30. The molecule has 1 heterocycles. The van der Waals surface area contributed by atoms with Crippen molar-refractivity contribution in [3.8, 4) is 0 Å². The third-order valence-corrected chi connectivity index (χ3v) is 1.51. The minimum atomic E-state index is -0.446. The lowest BCUT2D eigenvalue weighted by atomic mass is 10.3. The zero-order valence-electron chi connectivity index (χ0n) is 7.37. The molecule has 3 heteroatoms. The molecule has 0 amide bonds. The van der Waals surface area contributed by atoms with Gasteiger partial charge in [0.1, 0.15) is 0 Å². The fourth-order valence-electron chi connectivity index (χ4n) is 0.921. The van der Waals surface area contributed by atoms with E-state index in [1.807, 2.05) is 20.8 Å². The highest BCUT2D eigenvalue weighted by molar-refractivity contribution is 4.54. The first-order valence-corrected chi connectivity index (χ1v) is 4.11. The van der Waals surface area contributed by atoms with Crippen LogP contribution in [0.5, 0.6) is 0 Å². The van der Waals surface area contributed by atoms with Gasteiger partial charge in [-0.25, -0.2) is 0 Å². The van der Waals surface area contributed by atoms with Crippen molar-refractivity contribution in [2.45, 2.75) is 45.9 Å². The summed E-state index contributed by atoms with van der Waals surface area (Å²) in [4.78, 5) is 0. The number of ether oxygens (including phenoxy) is 3. The summed E-state index contributed by atoms with van der Waals surface area (Å²) < 4.78 is 15.9. The van der Waals surface area contributed by atoms with Crippen molar-refractivity contribution in [1.29, 1.82) is 0 Å². The zero-order valence-corrected chi connectivity index (χ0v) is 7.37. The predicted octanol–water partition coefficient (Wildman–Crippen LogP) is 1.52. The van der Waals surface area contributed by atoms with Crippen molar-refractivity contribution in [2.24, 2.45) is 0 Å². The van der Waals surface area contributed by atoms with E-state index in [1.54, 1.807) is 0 Å². The molecule has 1 saturated heterocycles. The molecule has 0 radical (unpaired) electrons. The average Bonchev–Trinajstić information content (AvgIpc) is 1.85. The molecule has 1 aliphatic rings. The Hall–Kier alpha value is -0.120. The van der Waals surface area contributed by atoms with Crippen molar-refractivity contribution in [3.63, 3.8) is 0 Å². The van der Waals surface area contributed by atoms with Crippen LogP contribution in [0, 0.1) is 0 Å². The van der Waals surface area contributed by atoms with Gasteiger partial charge < -0.3 is 14.2 Å². The fraction of sp³-hybridized carbons (Fsp3) is 1.00. The van der Waals surface area contributed by atoms with Crippen LogP contribution in [0.15, 0.2) is 0 Å². The van der Waals surface area contributed by atoms with Gasteiger partial charge in [-0.1, -0.05) is 0 Å². The van der Waals surface area contributed by atoms with E-state index in [0.29, 0.717) is 0 Å². The van der Waals surface area contributed by atoms with E-state index in [1.165, 1.54) is 0 Å². The summed E-state index contributed by atoms with van der Waals surface area (Å²) in [6.07, 6.45) is 1.37. The molecule has 0 aromatic rings. The zero-order chi connectivity index (χ0) is 8.27. The Morgan fingerprint density at radius 3 is 2.73 bits per heavy atom. The maximum absolute atomic E-state index is 5.35. The van der Waals surface area contributed by atoms with Crippen LogP contribution in [0.4, 0.5) is 0 Å². The van der Waals surface area contributed by atoms with Crippen LogP contribution in [0.2, 0.25) is 0 Å². The highest BCUT2D eigenvalue weighted by Gasteiger charge is 2.20. The summed E-state index contributed by atoms with van der Waals surface area (Å²) in [7, 11) is 0. The van der Waals surface area contributed by atoms with Gasteiger partial charge in [-0.2, -0.15) is 0 Å². The molecule has 0 N–H and O–H groups in total. The second kappa shape index (κ2) is 4.04. The van der Waals surface area contributed by atoms with Gasteiger partial charge in [-0.05, 0) is 27.2 Å². The minimum absolute atomic E-state index is 0.158. The molecule has 0 spiro atoms. The maximum atomic E-state index is 5.35. The van der Waals surface area contributed by atoms with Gasteiger partial charge in [-0.15, -0.1) is 0 Å². The molecule has 0 aliphatic carbocycles. The highest BCUT2D eigenvalue weighted by atomic mass is 16.9. The summed E-state index contributed by atoms with van der Waals surface area (Å²) >= 11 is 0. The van der Waals surface area contributed by atoms with Gasteiger partial charge in [0.2, 0.25) is 0 Å². The molecule has 1 aliphatic heterocycles. The minimum Gasteiger partial charge on any atom is -0.330 e. The largest absolute Gasteiger partial charge is 0.330 e. The first kappa shape index (κ1) is 8.97. The molecule has 0 aromatic carbocycles. The Morgan fingerprint density at radius 2 is 2.18 bits per heavy atom. The smallest absolute Gasteiger partial charge is 0.272 e. The summed E-state index contributed by atoms with van der Waals surface area (Å²) in [5.41, 5.74) is 0. The normalized spacial score (nSPS) is 32.7. The second-order valence-corrected chi connectivity index (χ2v) is 3.08. The van der Waals surface area contributed by atoms with Crippen molar-refractivity contribution in [3.05, 3.63) is 0 Å². The lowest BCUT2D eigenvalue weighted by Gasteiger charge is -2.28.